The number of benzene rings is 1. The van der Waals surface area contributed by atoms with Gasteiger partial charge in [0.05, 0.1) is 18.1 Å². The van der Waals surface area contributed by atoms with Gasteiger partial charge in [0.25, 0.3) is 0 Å². The summed E-state index contributed by atoms with van der Waals surface area (Å²) in [4.78, 5) is 22.9. The molecule has 5 rings (SSSR count). The Morgan fingerprint density at radius 1 is 1.19 bits per heavy atom. The van der Waals surface area contributed by atoms with E-state index in [-0.39, 0.29) is 17.6 Å². The molecule has 10 heteroatoms. The van der Waals surface area contributed by atoms with E-state index in [1.165, 1.54) is 12.1 Å². The number of nitrogens with one attached hydrogen (secondary N) is 1. The summed E-state index contributed by atoms with van der Waals surface area (Å²) in [6.45, 7) is 5.54. The Labute approximate surface area is 183 Å². The first-order chi connectivity index (χ1) is 15.3. The van der Waals surface area contributed by atoms with Gasteiger partial charge in [0, 0.05) is 24.9 Å². The van der Waals surface area contributed by atoms with E-state index in [1.54, 1.807) is 18.7 Å². The molecule has 3 heterocycles. The van der Waals surface area contributed by atoms with E-state index in [4.69, 9.17) is 4.42 Å². The zero-order valence-electron chi connectivity index (χ0n) is 17.9. The molecule has 3 atom stereocenters. The Hall–Kier alpha value is -3.43. The van der Waals surface area contributed by atoms with Crippen molar-refractivity contribution in [2.75, 3.05) is 5.32 Å². The van der Waals surface area contributed by atoms with Crippen molar-refractivity contribution in [3.63, 3.8) is 0 Å². The Balaban J connectivity index is 1.46. The molecule has 1 aromatic carbocycles. The molecule has 1 unspecified atom stereocenters. The highest BCUT2D eigenvalue weighted by molar-refractivity contribution is 5.92. The molecule has 0 spiro atoms. The van der Waals surface area contributed by atoms with Gasteiger partial charge in [-0.3, -0.25) is 0 Å². The molecule has 2 amide bonds. The maximum Gasteiger partial charge on any atom is 0.323 e. The average Bonchev–Trinajstić information content (AvgIpc) is 3.17. The maximum absolute atomic E-state index is 14.8. The van der Waals surface area contributed by atoms with Crippen molar-refractivity contribution in [3.8, 4) is 11.4 Å². The molecule has 166 valence electrons. The fourth-order valence-electron chi connectivity index (χ4n) is 5.07. The maximum atomic E-state index is 14.8. The lowest BCUT2D eigenvalue weighted by molar-refractivity contribution is -0.110. The molecule has 2 fully saturated rings. The third-order valence-corrected chi connectivity index (χ3v) is 6.32. The van der Waals surface area contributed by atoms with Crippen LogP contribution in [0.2, 0.25) is 0 Å². The van der Waals surface area contributed by atoms with Gasteiger partial charge in [-0.1, -0.05) is 6.92 Å². The van der Waals surface area contributed by atoms with Gasteiger partial charge < -0.3 is 14.6 Å². The third kappa shape index (κ3) is 3.21. The zero-order valence-corrected chi connectivity index (χ0v) is 17.9. The molecule has 2 aromatic heterocycles. The summed E-state index contributed by atoms with van der Waals surface area (Å²) in [5.41, 5.74) is 0.386. The number of piperidine rings is 1. The van der Waals surface area contributed by atoms with Crippen molar-refractivity contribution >= 4 is 11.7 Å². The van der Waals surface area contributed by atoms with Crippen molar-refractivity contribution in [2.24, 2.45) is 5.92 Å². The van der Waals surface area contributed by atoms with Crippen LogP contribution in [-0.2, 0) is 5.54 Å². The number of amides is 2. The van der Waals surface area contributed by atoms with Crippen molar-refractivity contribution in [3.05, 3.63) is 53.5 Å². The summed E-state index contributed by atoms with van der Waals surface area (Å²) in [6.07, 6.45) is 4.37. The van der Waals surface area contributed by atoms with Crippen molar-refractivity contribution in [2.45, 2.75) is 51.6 Å². The number of fused-ring (bicyclic) bond motifs is 2. The lowest BCUT2D eigenvalue weighted by Crippen LogP contribution is -2.70. The van der Waals surface area contributed by atoms with E-state index in [2.05, 4.69) is 32.4 Å². The molecule has 8 nitrogen and oxygen atoms in total. The highest BCUT2D eigenvalue weighted by Gasteiger charge is 2.62. The molecule has 1 saturated heterocycles. The molecular formula is C22H22F2N6O2. The minimum Gasteiger partial charge on any atom is -0.423 e. The van der Waals surface area contributed by atoms with Crippen LogP contribution >= 0.6 is 0 Å². The van der Waals surface area contributed by atoms with Gasteiger partial charge in [0.15, 0.2) is 11.6 Å². The lowest BCUT2D eigenvalue weighted by atomic mass is 9.64. The second kappa shape index (κ2) is 7.32. The standard InChI is InChI=1S/C22H22F2N6O2/c1-11-4-15-8-22(7-11,20-29-28-13(3)32-20)30(15)21(31)27-18-6-16(12(2)5-17(18)24)19-25-9-14(23)10-26-19/h5-6,9-11,15H,4,7-8H2,1-3H3,(H,27,31)/t11-,15+,22?/m0/s1. The first-order valence-corrected chi connectivity index (χ1v) is 10.5. The van der Waals surface area contributed by atoms with Crippen LogP contribution in [0, 0.1) is 31.4 Å². The number of urea groups is 1. The van der Waals surface area contributed by atoms with Crippen LogP contribution in [0.1, 0.15) is 43.5 Å². The molecular weight excluding hydrogens is 418 g/mol. The minimum atomic E-state index is -0.683. The van der Waals surface area contributed by atoms with Gasteiger partial charge in [-0.05, 0) is 43.4 Å². The van der Waals surface area contributed by atoms with Crippen LogP contribution in [-0.4, -0.2) is 37.1 Å². The second-order valence-corrected chi connectivity index (χ2v) is 8.73. The predicted molar refractivity (Wildman–Crippen MR) is 110 cm³/mol. The normalized spacial score (nSPS) is 24.2. The van der Waals surface area contributed by atoms with Crippen molar-refractivity contribution < 1.29 is 18.0 Å². The molecule has 2 bridgehead atoms. The highest BCUT2D eigenvalue weighted by Crippen LogP contribution is 2.55. The molecule has 32 heavy (non-hydrogen) atoms. The van der Waals surface area contributed by atoms with Gasteiger partial charge in [0.1, 0.15) is 11.4 Å². The Bertz CT molecular complexity index is 1200. The monoisotopic (exact) mass is 440 g/mol. The van der Waals surface area contributed by atoms with E-state index in [1.807, 2.05) is 0 Å². The second-order valence-electron chi connectivity index (χ2n) is 8.73. The fraction of sp³-hybridized carbons (Fsp3) is 0.409. The molecule has 1 N–H and O–H groups in total. The molecule has 1 aliphatic carbocycles. The molecule has 2 aliphatic rings. The van der Waals surface area contributed by atoms with Gasteiger partial charge in [-0.2, -0.15) is 0 Å². The Kier molecular flexibility index (Phi) is 4.68. The lowest BCUT2D eigenvalue weighted by Gasteiger charge is -2.61. The number of anilines is 1. The Morgan fingerprint density at radius 3 is 2.62 bits per heavy atom. The number of hydrogen-bond donors (Lipinski definition) is 1. The van der Waals surface area contributed by atoms with Gasteiger partial charge in [-0.15, -0.1) is 10.2 Å². The molecule has 3 aromatic rings. The summed E-state index contributed by atoms with van der Waals surface area (Å²) >= 11 is 0. The van der Waals surface area contributed by atoms with E-state index < -0.39 is 23.2 Å². The topological polar surface area (TPSA) is 97.0 Å². The summed E-state index contributed by atoms with van der Waals surface area (Å²) in [5.74, 6) is 0.337. The van der Waals surface area contributed by atoms with Gasteiger partial charge in [0.2, 0.25) is 11.8 Å². The number of aromatic nitrogens is 4. The third-order valence-electron chi connectivity index (χ3n) is 6.32. The first-order valence-electron chi connectivity index (χ1n) is 10.5. The number of halogens is 2. The quantitative estimate of drug-likeness (QED) is 0.650. The molecule has 0 radical (unpaired) electrons. The van der Waals surface area contributed by atoms with E-state index >= 15 is 0 Å². The number of aryl methyl sites for hydroxylation is 2. The van der Waals surface area contributed by atoms with E-state index in [9.17, 15) is 13.6 Å². The van der Waals surface area contributed by atoms with Crippen molar-refractivity contribution in [1.29, 1.82) is 0 Å². The zero-order chi connectivity index (χ0) is 22.6. The fourth-order valence-corrected chi connectivity index (χ4v) is 5.07. The largest absolute Gasteiger partial charge is 0.423 e. The average molecular weight is 440 g/mol. The highest BCUT2D eigenvalue weighted by atomic mass is 19.1. The SMILES string of the molecule is Cc1nnc(C23C[C@@H](C)C[C@H](C2)N3C(=O)Nc2cc(-c3ncc(F)cn3)c(C)cc2F)o1. The smallest absolute Gasteiger partial charge is 0.323 e. The summed E-state index contributed by atoms with van der Waals surface area (Å²) in [5, 5.41) is 10.8. The number of rotatable bonds is 3. The number of nitrogens with zero attached hydrogens (tertiary/aromatic N) is 5. The van der Waals surface area contributed by atoms with Crippen LogP contribution in [0.15, 0.2) is 28.9 Å². The van der Waals surface area contributed by atoms with Gasteiger partial charge >= 0.3 is 6.03 Å². The van der Waals surface area contributed by atoms with Crippen LogP contribution < -0.4 is 5.32 Å². The van der Waals surface area contributed by atoms with Crippen LogP contribution in [0.3, 0.4) is 0 Å². The molecule has 1 saturated carbocycles. The minimum absolute atomic E-state index is 0.00148. The van der Waals surface area contributed by atoms with Crippen LogP contribution in [0.4, 0.5) is 19.3 Å². The predicted octanol–water partition coefficient (Wildman–Crippen LogP) is 4.35. The Morgan fingerprint density at radius 2 is 1.94 bits per heavy atom. The number of carbonyl (C=O) groups excluding carboxylic acids is 1. The first kappa shape index (κ1) is 20.5. The number of hydrogen-bond acceptors (Lipinski definition) is 6. The summed E-state index contributed by atoms with van der Waals surface area (Å²) < 4.78 is 33.7. The van der Waals surface area contributed by atoms with Crippen molar-refractivity contribution in [1.82, 2.24) is 25.1 Å². The number of likely N-dealkylation sites (tertiary alicyclic amines) is 1. The number of carbonyl (C=O) groups is 1. The van der Waals surface area contributed by atoms with E-state index in [0.717, 1.165) is 25.2 Å². The molecule has 1 aliphatic heterocycles. The van der Waals surface area contributed by atoms with Gasteiger partial charge in [-0.25, -0.2) is 23.5 Å². The van der Waals surface area contributed by atoms with Crippen LogP contribution in [0.25, 0.3) is 11.4 Å². The van der Waals surface area contributed by atoms with Crippen LogP contribution in [0.5, 0.6) is 0 Å². The van der Waals surface area contributed by atoms with E-state index in [0.29, 0.717) is 35.2 Å². The summed E-state index contributed by atoms with van der Waals surface area (Å²) in [7, 11) is 0. The summed E-state index contributed by atoms with van der Waals surface area (Å²) in [6, 6.07) is 2.35.